The Labute approximate surface area is 221 Å². The summed E-state index contributed by atoms with van der Waals surface area (Å²) in [5.74, 6) is 0.947. The Kier molecular flexibility index (Phi) is 6.17. The molecule has 4 heteroatoms. The van der Waals surface area contributed by atoms with Crippen molar-refractivity contribution in [2.24, 2.45) is 4.99 Å². The molecule has 4 nitrogen and oxygen atoms in total. The number of rotatable bonds is 6. The highest BCUT2D eigenvalue weighted by molar-refractivity contribution is 6.00. The summed E-state index contributed by atoms with van der Waals surface area (Å²) < 4.78 is 8.53. The lowest BCUT2D eigenvalue weighted by Crippen LogP contribution is -1.97. The van der Waals surface area contributed by atoms with Crippen LogP contribution in [0.3, 0.4) is 0 Å². The molecule has 0 aliphatic carbocycles. The lowest BCUT2D eigenvalue weighted by molar-refractivity contribution is 0.593. The summed E-state index contributed by atoms with van der Waals surface area (Å²) in [6.07, 6.45) is 3.91. The molecule has 0 amide bonds. The van der Waals surface area contributed by atoms with Crippen molar-refractivity contribution in [1.29, 1.82) is 5.26 Å². The lowest BCUT2D eigenvalue weighted by Gasteiger charge is -2.06. The molecule has 0 aliphatic rings. The lowest BCUT2D eigenvalue weighted by atomic mass is 9.98. The van der Waals surface area contributed by atoms with Crippen molar-refractivity contribution in [3.8, 4) is 28.5 Å². The third-order valence-electron chi connectivity index (χ3n) is 6.71. The van der Waals surface area contributed by atoms with E-state index in [0.717, 1.165) is 39.7 Å². The molecular formula is C34H25N3O. The first-order valence-corrected chi connectivity index (χ1v) is 12.6. The highest BCUT2D eigenvalue weighted by Crippen LogP contribution is 2.42. The van der Waals surface area contributed by atoms with Gasteiger partial charge in [-0.05, 0) is 24.1 Å². The zero-order valence-electron chi connectivity index (χ0n) is 21.0. The summed E-state index contributed by atoms with van der Waals surface area (Å²) in [4.78, 5) is 4.73. The predicted molar refractivity (Wildman–Crippen MR) is 154 cm³/mol. The average Bonchev–Trinajstić information content (AvgIpc) is 3.52. The maximum Gasteiger partial charge on any atom is 0.238 e. The first kappa shape index (κ1) is 23.3. The van der Waals surface area contributed by atoms with Crippen LogP contribution in [-0.2, 0) is 6.54 Å². The Bertz CT molecular complexity index is 1780. The number of hydrogen-bond donors (Lipinski definition) is 0. The van der Waals surface area contributed by atoms with Crippen LogP contribution in [0.4, 0.5) is 5.88 Å². The zero-order valence-corrected chi connectivity index (χ0v) is 21.0. The minimum absolute atomic E-state index is 0.306. The fourth-order valence-corrected chi connectivity index (χ4v) is 4.81. The number of aryl methyl sites for hydroxylation is 1. The fourth-order valence-electron chi connectivity index (χ4n) is 4.81. The number of aliphatic imine (C=N–C) groups is 1. The van der Waals surface area contributed by atoms with Gasteiger partial charge in [0.1, 0.15) is 17.4 Å². The third kappa shape index (κ3) is 4.42. The van der Waals surface area contributed by atoms with Crippen molar-refractivity contribution < 1.29 is 4.42 Å². The van der Waals surface area contributed by atoms with E-state index in [1.54, 1.807) is 6.21 Å². The maximum atomic E-state index is 10.2. The molecule has 0 saturated heterocycles. The van der Waals surface area contributed by atoms with E-state index in [9.17, 15) is 5.26 Å². The van der Waals surface area contributed by atoms with Gasteiger partial charge in [0.05, 0.1) is 0 Å². The van der Waals surface area contributed by atoms with E-state index in [-0.39, 0.29) is 0 Å². The Morgan fingerprint density at radius 1 is 0.816 bits per heavy atom. The third-order valence-corrected chi connectivity index (χ3v) is 6.71. The van der Waals surface area contributed by atoms with Gasteiger partial charge < -0.3 is 8.98 Å². The van der Waals surface area contributed by atoms with Crippen LogP contribution >= 0.6 is 0 Å². The smallest absolute Gasteiger partial charge is 0.238 e. The molecule has 0 unspecified atom stereocenters. The highest BCUT2D eigenvalue weighted by Gasteiger charge is 2.22. The largest absolute Gasteiger partial charge is 0.436 e. The van der Waals surface area contributed by atoms with E-state index in [1.807, 2.05) is 72.8 Å². The number of nitriles is 1. The molecule has 0 fully saturated rings. The summed E-state index contributed by atoms with van der Waals surface area (Å²) in [7, 11) is 0. The van der Waals surface area contributed by atoms with Gasteiger partial charge in [-0.1, -0.05) is 109 Å². The second kappa shape index (κ2) is 10.1. The first-order chi connectivity index (χ1) is 18.7. The van der Waals surface area contributed by atoms with Crippen molar-refractivity contribution in [2.75, 3.05) is 0 Å². The summed E-state index contributed by atoms with van der Waals surface area (Å²) in [5.41, 5.74) is 7.58. The van der Waals surface area contributed by atoms with Gasteiger partial charge in [-0.15, -0.1) is 0 Å². The van der Waals surface area contributed by atoms with Gasteiger partial charge >= 0.3 is 0 Å². The van der Waals surface area contributed by atoms with Crippen molar-refractivity contribution in [1.82, 2.24) is 4.57 Å². The van der Waals surface area contributed by atoms with Crippen LogP contribution in [0.15, 0.2) is 125 Å². The number of para-hydroxylation sites is 1. The van der Waals surface area contributed by atoms with Gasteiger partial charge in [0, 0.05) is 46.5 Å². The molecule has 0 saturated carbocycles. The molecule has 0 atom stereocenters. The number of fused-ring (bicyclic) bond motifs is 1. The van der Waals surface area contributed by atoms with E-state index < -0.39 is 0 Å². The Morgan fingerprint density at radius 2 is 1.47 bits per heavy atom. The highest BCUT2D eigenvalue weighted by atomic mass is 16.4. The molecular weight excluding hydrogens is 466 g/mol. The van der Waals surface area contributed by atoms with Crippen LogP contribution in [0.25, 0.3) is 33.4 Å². The van der Waals surface area contributed by atoms with Crippen molar-refractivity contribution in [3.05, 3.63) is 138 Å². The molecule has 0 spiro atoms. The van der Waals surface area contributed by atoms with Gasteiger partial charge in [0.25, 0.3) is 0 Å². The topological polar surface area (TPSA) is 54.2 Å². The van der Waals surface area contributed by atoms with Gasteiger partial charge in [-0.3, -0.25) is 0 Å². The quantitative estimate of drug-likeness (QED) is 0.219. The summed E-state index contributed by atoms with van der Waals surface area (Å²) in [6, 6.07) is 39.0. The average molecular weight is 492 g/mol. The van der Waals surface area contributed by atoms with E-state index in [4.69, 9.17) is 9.41 Å². The van der Waals surface area contributed by atoms with Crippen LogP contribution in [0.2, 0.25) is 0 Å². The van der Waals surface area contributed by atoms with Gasteiger partial charge in [0.15, 0.2) is 0 Å². The molecule has 0 aliphatic heterocycles. The van der Waals surface area contributed by atoms with Gasteiger partial charge in [-0.25, -0.2) is 4.99 Å². The van der Waals surface area contributed by atoms with Crippen LogP contribution in [0.1, 0.15) is 22.3 Å². The minimum atomic E-state index is 0.306. The molecule has 0 radical (unpaired) electrons. The second-order valence-electron chi connectivity index (χ2n) is 9.30. The Morgan fingerprint density at radius 3 is 2.18 bits per heavy atom. The standard InChI is InChI=1S/C34H25N3O/c1-24-16-18-25(19-17-24)22-37-23-28(29-14-8-9-15-31(29)37)21-36-34-30(20-35)32(26-10-4-2-5-11-26)33(38-34)27-12-6-3-7-13-27/h2-19,21,23H,22H2,1H3/b36-21+. The number of furan rings is 1. The molecule has 182 valence electrons. The van der Waals surface area contributed by atoms with Crippen LogP contribution in [0, 0.1) is 18.3 Å². The van der Waals surface area contributed by atoms with Crippen LogP contribution in [0.5, 0.6) is 0 Å². The zero-order chi connectivity index (χ0) is 25.9. The molecule has 0 N–H and O–H groups in total. The van der Waals surface area contributed by atoms with Gasteiger partial charge in [-0.2, -0.15) is 5.26 Å². The monoisotopic (exact) mass is 491 g/mol. The number of aromatic nitrogens is 1. The fraction of sp³-hybridized carbons (Fsp3) is 0.0588. The minimum Gasteiger partial charge on any atom is -0.436 e. The number of hydrogen-bond acceptors (Lipinski definition) is 3. The second-order valence-corrected chi connectivity index (χ2v) is 9.30. The van der Waals surface area contributed by atoms with E-state index in [1.165, 1.54) is 11.1 Å². The van der Waals surface area contributed by atoms with E-state index >= 15 is 0 Å². The number of benzene rings is 4. The van der Waals surface area contributed by atoms with E-state index in [2.05, 4.69) is 60.2 Å². The molecule has 4 aromatic carbocycles. The van der Waals surface area contributed by atoms with Crippen molar-refractivity contribution in [3.63, 3.8) is 0 Å². The molecule has 0 bridgehead atoms. The van der Waals surface area contributed by atoms with Crippen LogP contribution in [-0.4, -0.2) is 10.8 Å². The summed E-state index contributed by atoms with van der Waals surface area (Å²) in [6.45, 7) is 2.86. The molecule has 6 rings (SSSR count). The Hall–Kier alpha value is -5.14. The van der Waals surface area contributed by atoms with Crippen LogP contribution < -0.4 is 0 Å². The summed E-state index contributed by atoms with van der Waals surface area (Å²) in [5, 5.41) is 11.3. The normalized spacial score (nSPS) is 11.3. The van der Waals surface area contributed by atoms with Gasteiger partial charge in [0.2, 0.25) is 5.88 Å². The molecule has 6 aromatic rings. The predicted octanol–water partition coefficient (Wildman–Crippen LogP) is 8.55. The summed E-state index contributed by atoms with van der Waals surface area (Å²) >= 11 is 0. The first-order valence-electron chi connectivity index (χ1n) is 12.6. The molecule has 2 aromatic heterocycles. The SMILES string of the molecule is Cc1ccc(Cn2cc(/C=N/c3oc(-c4ccccc4)c(-c4ccccc4)c3C#N)c3ccccc32)cc1. The van der Waals surface area contributed by atoms with E-state index in [0.29, 0.717) is 17.2 Å². The Balaban J connectivity index is 1.44. The van der Waals surface area contributed by atoms with Crippen molar-refractivity contribution >= 4 is 23.0 Å². The molecule has 38 heavy (non-hydrogen) atoms. The van der Waals surface area contributed by atoms with Crippen molar-refractivity contribution in [2.45, 2.75) is 13.5 Å². The molecule has 2 heterocycles. The maximum absolute atomic E-state index is 10.2. The number of nitrogens with zero attached hydrogens (tertiary/aromatic N) is 3.